The fourth-order valence-electron chi connectivity index (χ4n) is 2.14. The van der Waals surface area contributed by atoms with E-state index in [9.17, 15) is 9.59 Å². The summed E-state index contributed by atoms with van der Waals surface area (Å²) >= 11 is 0. The second-order valence-corrected chi connectivity index (χ2v) is 5.58. The van der Waals surface area contributed by atoms with Gasteiger partial charge in [-0.2, -0.15) is 0 Å². The van der Waals surface area contributed by atoms with Crippen molar-refractivity contribution >= 4 is 17.6 Å². The van der Waals surface area contributed by atoms with Crippen molar-refractivity contribution in [3.8, 4) is 5.75 Å². The fourth-order valence-corrected chi connectivity index (χ4v) is 2.14. The first-order valence-corrected chi connectivity index (χ1v) is 6.67. The Morgan fingerprint density at radius 1 is 1.35 bits per heavy atom. The minimum atomic E-state index is -1.07. The van der Waals surface area contributed by atoms with Crippen LogP contribution in [-0.4, -0.2) is 30.1 Å². The largest absolute Gasteiger partial charge is 0.491 e. The van der Waals surface area contributed by atoms with Crippen LogP contribution in [0.25, 0.3) is 0 Å². The van der Waals surface area contributed by atoms with Crippen molar-refractivity contribution in [2.45, 2.75) is 26.7 Å². The molecule has 1 aromatic rings. The van der Waals surface area contributed by atoms with Crippen LogP contribution in [0, 0.1) is 5.41 Å². The number of carbonyl (C=O) groups is 2. The molecular weight excluding hydrogens is 258 g/mol. The van der Waals surface area contributed by atoms with Crippen LogP contribution < -0.4 is 9.64 Å². The summed E-state index contributed by atoms with van der Waals surface area (Å²) < 4.78 is 5.60. The van der Waals surface area contributed by atoms with Crippen LogP contribution in [0.15, 0.2) is 24.3 Å². The van der Waals surface area contributed by atoms with E-state index in [4.69, 9.17) is 9.84 Å². The summed E-state index contributed by atoms with van der Waals surface area (Å²) in [5.74, 6) is -0.480. The molecule has 5 heteroatoms. The zero-order valence-corrected chi connectivity index (χ0v) is 11.8. The van der Waals surface area contributed by atoms with Crippen LogP contribution in [0.5, 0.6) is 5.75 Å². The Balaban J connectivity index is 2.24. The minimum absolute atomic E-state index is 0.0311. The van der Waals surface area contributed by atoms with Gasteiger partial charge in [0, 0.05) is 13.0 Å². The van der Waals surface area contributed by atoms with Gasteiger partial charge in [0.05, 0.1) is 17.7 Å². The lowest BCUT2D eigenvalue weighted by molar-refractivity contribution is -0.149. The number of para-hydroxylation sites is 2. The monoisotopic (exact) mass is 277 g/mol. The molecule has 5 nitrogen and oxygen atoms in total. The standard InChI is InChI=1S/C15H19NO4/c1-15(2,14(18)19)10-13(17)16-8-5-9-20-12-7-4-3-6-11(12)16/h3-4,6-7H,5,8-10H2,1-2H3,(H,18,19). The molecular formula is C15H19NO4. The van der Waals surface area contributed by atoms with Gasteiger partial charge in [0.25, 0.3) is 0 Å². The first-order chi connectivity index (χ1) is 9.42. The fraction of sp³-hybridized carbons (Fsp3) is 0.467. The third-order valence-electron chi connectivity index (χ3n) is 3.41. The molecule has 1 aromatic carbocycles. The van der Waals surface area contributed by atoms with E-state index in [-0.39, 0.29) is 12.3 Å². The Morgan fingerprint density at radius 2 is 2.05 bits per heavy atom. The lowest BCUT2D eigenvalue weighted by Crippen LogP contribution is -2.37. The van der Waals surface area contributed by atoms with E-state index in [1.807, 2.05) is 24.3 Å². The van der Waals surface area contributed by atoms with Crippen molar-refractivity contribution in [2.75, 3.05) is 18.1 Å². The molecule has 0 saturated heterocycles. The Bertz CT molecular complexity index is 524. The first kappa shape index (κ1) is 14.4. The molecule has 1 N–H and O–H groups in total. The number of nitrogens with zero attached hydrogens (tertiary/aromatic N) is 1. The van der Waals surface area contributed by atoms with E-state index in [1.165, 1.54) is 0 Å². The molecule has 108 valence electrons. The Morgan fingerprint density at radius 3 is 2.75 bits per heavy atom. The number of carboxylic acids is 1. The second kappa shape index (κ2) is 5.53. The van der Waals surface area contributed by atoms with Crippen molar-refractivity contribution in [3.05, 3.63) is 24.3 Å². The van der Waals surface area contributed by atoms with E-state index >= 15 is 0 Å². The number of benzene rings is 1. The number of carboxylic acid groups (broad SMARTS) is 1. The van der Waals surface area contributed by atoms with Gasteiger partial charge in [-0.3, -0.25) is 9.59 Å². The molecule has 0 aliphatic carbocycles. The molecule has 1 heterocycles. The molecule has 1 amide bonds. The Hall–Kier alpha value is -2.04. The number of carbonyl (C=O) groups excluding carboxylic acids is 1. The molecule has 1 aliphatic rings. The predicted octanol–water partition coefficient (Wildman–Crippen LogP) is 2.30. The van der Waals surface area contributed by atoms with Crippen LogP contribution in [0.2, 0.25) is 0 Å². The molecule has 0 saturated carbocycles. The van der Waals surface area contributed by atoms with E-state index in [0.29, 0.717) is 18.9 Å². The summed E-state index contributed by atoms with van der Waals surface area (Å²) in [6.07, 6.45) is 0.699. The predicted molar refractivity (Wildman–Crippen MR) is 74.9 cm³/mol. The normalized spacial score (nSPS) is 15.0. The van der Waals surface area contributed by atoms with Gasteiger partial charge in [-0.15, -0.1) is 0 Å². The van der Waals surface area contributed by atoms with Gasteiger partial charge in [0.15, 0.2) is 0 Å². The molecule has 20 heavy (non-hydrogen) atoms. The van der Waals surface area contributed by atoms with Gasteiger partial charge in [0.1, 0.15) is 5.75 Å². The summed E-state index contributed by atoms with van der Waals surface area (Å²) in [6.45, 7) is 4.23. The SMILES string of the molecule is CC(C)(CC(=O)N1CCCOc2ccccc21)C(=O)O. The molecule has 1 aliphatic heterocycles. The van der Waals surface area contributed by atoms with Gasteiger partial charge in [-0.05, 0) is 32.4 Å². The maximum Gasteiger partial charge on any atom is 0.309 e. The summed E-state index contributed by atoms with van der Waals surface area (Å²) in [6, 6.07) is 7.35. The quantitative estimate of drug-likeness (QED) is 0.920. The first-order valence-electron chi connectivity index (χ1n) is 6.67. The number of anilines is 1. The number of amides is 1. The van der Waals surface area contributed by atoms with Crippen molar-refractivity contribution in [1.82, 2.24) is 0 Å². The molecule has 0 radical (unpaired) electrons. The molecule has 0 atom stereocenters. The smallest absolute Gasteiger partial charge is 0.309 e. The highest BCUT2D eigenvalue weighted by atomic mass is 16.5. The average molecular weight is 277 g/mol. The molecule has 0 unspecified atom stereocenters. The summed E-state index contributed by atoms with van der Waals surface area (Å²) in [5.41, 5.74) is -0.352. The summed E-state index contributed by atoms with van der Waals surface area (Å²) in [7, 11) is 0. The number of hydrogen-bond acceptors (Lipinski definition) is 3. The van der Waals surface area contributed by atoms with Crippen molar-refractivity contribution < 1.29 is 19.4 Å². The van der Waals surface area contributed by atoms with Gasteiger partial charge < -0.3 is 14.7 Å². The highest BCUT2D eigenvalue weighted by Crippen LogP contribution is 2.32. The molecule has 0 bridgehead atoms. The highest BCUT2D eigenvalue weighted by molar-refractivity contribution is 5.97. The maximum absolute atomic E-state index is 12.4. The van der Waals surface area contributed by atoms with E-state index in [0.717, 1.165) is 12.1 Å². The minimum Gasteiger partial charge on any atom is -0.491 e. The summed E-state index contributed by atoms with van der Waals surface area (Å²) in [4.78, 5) is 25.2. The van der Waals surface area contributed by atoms with E-state index < -0.39 is 11.4 Å². The number of rotatable bonds is 3. The molecule has 0 spiro atoms. The third kappa shape index (κ3) is 2.92. The van der Waals surface area contributed by atoms with Gasteiger partial charge in [-0.25, -0.2) is 0 Å². The lowest BCUT2D eigenvalue weighted by atomic mass is 9.89. The number of ether oxygens (including phenoxy) is 1. The third-order valence-corrected chi connectivity index (χ3v) is 3.41. The number of fused-ring (bicyclic) bond motifs is 1. The molecule has 2 rings (SSSR count). The van der Waals surface area contributed by atoms with Crippen LogP contribution in [0.3, 0.4) is 0 Å². The number of hydrogen-bond donors (Lipinski definition) is 1. The number of aliphatic carboxylic acids is 1. The van der Waals surface area contributed by atoms with Crippen molar-refractivity contribution in [2.24, 2.45) is 5.41 Å². The van der Waals surface area contributed by atoms with Crippen LogP contribution in [-0.2, 0) is 9.59 Å². The van der Waals surface area contributed by atoms with Crippen molar-refractivity contribution in [1.29, 1.82) is 0 Å². The topological polar surface area (TPSA) is 66.8 Å². The Labute approximate surface area is 118 Å². The van der Waals surface area contributed by atoms with Crippen LogP contribution >= 0.6 is 0 Å². The van der Waals surface area contributed by atoms with E-state index in [1.54, 1.807) is 18.7 Å². The molecule has 0 aromatic heterocycles. The zero-order chi connectivity index (χ0) is 14.8. The van der Waals surface area contributed by atoms with Crippen molar-refractivity contribution in [3.63, 3.8) is 0 Å². The van der Waals surface area contributed by atoms with Gasteiger partial charge >= 0.3 is 5.97 Å². The second-order valence-electron chi connectivity index (χ2n) is 5.58. The van der Waals surface area contributed by atoms with Gasteiger partial charge in [0.2, 0.25) is 5.91 Å². The van der Waals surface area contributed by atoms with Crippen LogP contribution in [0.1, 0.15) is 26.7 Å². The lowest BCUT2D eigenvalue weighted by Gasteiger charge is -2.26. The Kier molecular flexibility index (Phi) is 3.97. The molecule has 0 fully saturated rings. The zero-order valence-electron chi connectivity index (χ0n) is 11.8. The highest BCUT2D eigenvalue weighted by Gasteiger charge is 2.33. The maximum atomic E-state index is 12.4. The van der Waals surface area contributed by atoms with Gasteiger partial charge in [-0.1, -0.05) is 12.1 Å². The average Bonchev–Trinajstić information content (AvgIpc) is 2.60. The summed E-state index contributed by atoms with van der Waals surface area (Å²) in [5, 5.41) is 9.14. The van der Waals surface area contributed by atoms with Crippen LogP contribution in [0.4, 0.5) is 5.69 Å². The van der Waals surface area contributed by atoms with E-state index in [2.05, 4.69) is 0 Å².